The average Bonchev–Trinajstić information content (AvgIpc) is 3.21. The fraction of sp³-hybridized carbons (Fsp3) is 0.476. The summed E-state index contributed by atoms with van der Waals surface area (Å²) in [6.07, 6.45) is 0.783. The molecule has 13 heteroatoms. The molecule has 4 heterocycles. The molecule has 3 aliphatic heterocycles. The van der Waals surface area contributed by atoms with Crippen molar-refractivity contribution >= 4 is 17.8 Å². The first-order valence-corrected chi connectivity index (χ1v) is 10.9. The first-order chi connectivity index (χ1) is 16.2. The molecule has 1 unspecified atom stereocenters. The van der Waals surface area contributed by atoms with E-state index >= 15 is 0 Å². The molecule has 5 N–H and O–H groups in total. The molecule has 184 valence electrons. The number of carbonyl (C=O) groups is 2. The molecule has 4 rings (SSSR count). The zero-order chi connectivity index (χ0) is 24.5. The molecule has 10 nitrogen and oxygen atoms in total. The molecule has 0 saturated carbocycles. The van der Waals surface area contributed by atoms with E-state index in [-0.39, 0.29) is 11.9 Å². The number of halogens is 3. The van der Waals surface area contributed by atoms with Crippen LogP contribution in [0.25, 0.3) is 0 Å². The van der Waals surface area contributed by atoms with Crippen molar-refractivity contribution < 1.29 is 27.5 Å². The minimum atomic E-state index is -4.56. The Balaban J connectivity index is 1.51. The van der Waals surface area contributed by atoms with E-state index in [1.807, 2.05) is 5.32 Å². The minimum absolute atomic E-state index is 0.174. The number of nitrogens with two attached hydrogens (primary N) is 1. The second-order valence-electron chi connectivity index (χ2n) is 8.19. The lowest BCUT2D eigenvalue weighted by molar-refractivity contribution is -0.158. The van der Waals surface area contributed by atoms with E-state index in [2.05, 4.69) is 20.5 Å². The zero-order valence-electron chi connectivity index (χ0n) is 18.4. The Kier molecular flexibility index (Phi) is 6.55. The van der Waals surface area contributed by atoms with Crippen LogP contribution in [0.2, 0.25) is 0 Å². The third-order valence-electron chi connectivity index (χ3n) is 5.80. The van der Waals surface area contributed by atoms with E-state index in [0.29, 0.717) is 49.9 Å². The van der Waals surface area contributed by atoms with Gasteiger partial charge in [0.15, 0.2) is 0 Å². The third kappa shape index (κ3) is 4.88. The van der Waals surface area contributed by atoms with Crippen molar-refractivity contribution in [2.75, 3.05) is 31.6 Å². The Bertz CT molecular complexity index is 1010. The van der Waals surface area contributed by atoms with Crippen LogP contribution in [0.5, 0.6) is 5.75 Å². The van der Waals surface area contributed by atoms with E-state index in [9.17, 15) is 22.8 Å². The van der Waals surface area contributed by atoms with Crippen molar-refractivity contribution in [1.82, 2.24) is 25.4 Å². The zero-order valence-corrected chi connectivity index (χ0v) is 18.4. The highest BCUT2D eigenvalue weighted by molar-refractivity contribution is 5.91. The summed E-state index contributed by atoms with van der Waals surface area (Å²) in [5.41, 5.74) is 6.15. The number of rotatable bonds is 6. The van der Waals surface area contributed by atoms with Gasteiger partial charge >= 0.3 is 12.2 Å². The van der Waals surface area contributed by atoms with Gasteiger partial charge in [-0.15, -0.1) is 0 Å². The van der Waals surface area contributed by atoms with Gasteiger partial charge in [-0.2, -0.15) is 13.2 Å². The molecule has 0 spiro atoms. The van der Waals surface area contributed by atoms with Crippen molar-refractivity contribution in [1.29, 1.82) is 0 Å². The summed E-state index contributed by atoms with van der Waals surface area (Å²) in [6, 6.07) is -0.517. The average molecular weight is 481 g/mol. The van der Waals surface area contributed by atoms with Crippen LogP contribution in [0.1, 0.15) is 13.3 Å². The Hall–Kier alpha value is -3.48. The van der Waals surface area contributed by atoms with Crippen molar-refractivity contribution in [3.8, 4) is 5.75 Å². The van der Waals surface area contributed by atoms with Crippen molar-refractivity contribution in [2.24, 2.45) is 5.73 Å². The minimum Gasteiger partial charge on any atom is -0.492 e. The number of amides is 3. The molecule has 1 fully saturated rings. The molecule has 1 saturated heterocycles. The van der Waals surface area contributed by atoms with Gasteiger partial charge in [0.1, 0.15) is 36.1 Å². The number of aromatic nitrogens is 1. The monoisotopic (exact) mass is 481 g/mol. The molecular formula is C21H26F3N7O3. The highest BCUT2D eigenvalue weighted by Crippen LogP contribution is 2.33. The normalized spacial score (nSPS) is 22.1. The molecule has 1 aromatic rings. The Morgan fingerprint density at radius 3 is 2.94 bits per heavy atom. The van der Waals surface area contributed by atoms with Crippen LogP contribution in [-0.2, 0) is 4.79 Å². The number of dihydropyridines is 1. The highest BCUT2D eigenvalue weighted by Gasteiger charge is 2.43. The van der Waals surface area contributed by atoms with Crippen LogP contribution in [0.4, 0.5) is 23.8 Å². The first kappa shape index (κ1) is 23.7. The van der Waals surface area contributed by atoms with Crippen molar-refractivity contribution in [3.63, 3.8) is 0 Å². The first-order valence-electron chi connectivity index (χ1n) is 10.9. The summed E-state index contributed by atoms with van der Waals surface area (Å²) in [4.78, 5) is 33.5. The number of anilines is 1. The number of urea groups is 1. The smallest absolute Gasteiger partial charge is 0.408 e. The van der Waals surface area contributed by atoms with Gasteiger partial charge in [-0.05, 0) is 25.5 Å². The van der Waals surface area contributed by atoms with Crippen LogP contribution in [-0.4, -0.2) is 77.3 Å². The summed E-state index contributed by atoms with van der Waals surface area (Å²) >= 11 is 0. The number of fused-ring (bicyclic) bond motifs is 3. The summed E-state index contributed by atoms with van der Waals surface area (Å²) in [7, 11) is 0. The predicted molar refractivity (Wildman–Crippen MR) is 116 cm³/mol. The SMILES string of the molecule is C[C@@H](NC(=O)C1C=CC2=C(N1)N(C(=O)Nc1cc(OCCN)ccn1)[C@H]1CCN2C1)C(F)(F)F. The van der Waals surface area contributed by atoms with E-state index in [4.69, 9.17) is 10.5 Å². The van der Waals surface area contributed by atoms with Crippen LogP contribution in [0.3, 0.4) is 0 Å². The van der Waals surface area contributed by atoms with Crippen LogP contribution in [0.15, 0.2) is 42.0 Å². The fourth-order valence-electron chi connectivity index (χ4n) is 4.06. The molecule has 3 aliphatic rings. The quantitative estimate of drug-likeness (QED) is 0.480. The molecule has 34 heavy (non-hydrogen) atoms. The Morgan fingerprint density at radius 1 is 1.41 bits per heavy atom. The number of alkyl halides is 3. The fourth-order valence-corrected chi connectivity index (χ4v) is 4.06. The van der Waals surface area contributed by atoms with E-state index < -0.39 is 30.2 Å². The van der Waals surface area contributed by atoms with Gasteiger partial charge in [-0.1, -0.05) is 6.08 Å². The molecule has 3 amide bonds. The number of ether oxygens (including phenoxy) is 1. The second kappa shape index (κ2) is 9.41. The molecule has 0 radical (unpaired) electrons. The van der Waals surface area contributed by atoms with Crippen LogP contribution < -0.4 is 26.4 Å². The van der Waals surface area contributed by atoms with Crippen molar-refractivity contribution in [2.45, 2.75) is 37.6 Å². The van der Waals surface area contributed by atoms with E-state index in [0.717, 1.165) is 6.92 Å². The number of nitrogens with zero attached hydrogens (tertiary/aromatic N) is 3. The summed E-state index contributed by atoms with van der Waals surface area (Å²) in [5.74, 6) is 0.286. The summed E-state index contributed by atoms with van der Waals surface area (Å²) in [6.45, 7) is 2.84. The summed E-state index contributed by atoms with van der Waals surface area (Å²) in [5, 5.41) is 7.65. The number of nitrogens with one attached hydrogen (secondary N) is 3. The molecular weight excluding hydrogens is 455 g/mol. The van der Waals surface area contributed by atoms with Gasteiger partial charge in [0.2, 0.25) is 5.91 Å². The lowest BCUT2D eigenvalue weighted by Crippen LogP contribution is -2.57. The topological polar surface area (TPSA) is 125 Å². The lowest BCUT2D eigenvalue weighted by atomic mass is 10.1. The molecule has 0 aromatic carbocycles. The highest BCUT2D eigenvalue weighted by atomic mass is 19.4. The lowest BCUT2D eigenvalue weighted by Gasteiger charge is -2.41. The van der Waals surface area contributed by atoms with Gasteiger partial charge in [-0.25, -0.2) is 9.78 Å². The van der Waals surface area contributed by atoms with Crippen LogP contribution in [0, 0.1) is 0 Å². The van der Waals surface area contributed by atoms with Gasteiger partial charge in [0, 0.05) is 31.9 Å². The van der Waals surface area contributed by atoms with E-state index in [1.165, 1.54) is 17.2 Å². The van der Waals surface area contributed by atoms with Gasteiger partial charge < -0.3 is 26.0 Å². The number of hydrogen-bond donors (Lipinski definition) is 4. The molecule has 0 aliphatic carbocycles. The Morgan fingerprint density at radius 2 is 2.21 bits per heavy atom. The second-order valence-corrected chi connectivity index (χ2v) is 8.19. The maximum absolute atomic E-state index is 13.3. The van der Waals surface area contributed by atoms with E-state index in [1.54, 1.807) is 18.2 Å². The molecule has 2 bridgehead atoms. The third-order valence-corrected chi connectivity index (χ3v) is 5.80. The van der Waals surface area contributed by atoms with Gasteiger partial charge in [0.25, 0.3) is 0 Å². The largest absolute Gasteiger partial charge is 0.492 e. The Labute approximate surface area is 194 Å². The van der Waals surface area contributed by atoms with Crippen molar-refractivity contribution in [3.05, 3.63) is 42.0 Å². The molecule has 1 aromatic heterocycles. The number of hydrogen-bond acceptors (Lipinski definition) is 7. The number of pyridine rings is 1. The maximum atomic E-state index is 13.3. The van der Waals surface area contributed by atoms with Crippen LogP contribution >= 0.6 is 0 Å². The van der Waals surface area contributed by atoms with Gasteiger partial charge in [-0.3, -0.25) is 15.0 Å². The summed E-state index contributed by atoms with van der Waals surface area (Å²) < 4.78 is 44.1. The maximum Gasteiger partial charge on any atom is 0.408 e. The van der Waals surface area contributed by atoms with Gasteiger partial charge in [0.05, 0.1) is 11.7 Å². The molecule has 3 atom stereocenters. The standard InChI is InChI=1S/C21H26F3N7O3/c1-12(21(22,23)24)27-19(32)15-2-3-16-18(28-15)31(13-5-8-30(16)11-13)20(33)29-17-10-14(4-7-26-17)34-9-6-25/h2-4,7,10,12-13,15,28H,5-6,8-9,11,25H2,1H3,(H,27,32)(H,26,29,33)/t12-,13+,15?/m1/s1. The number of allylic oxidation sites excluding steroid dienone is 1. The predicted octanol–water partition coefficient (Wildman–Crippen LogP) is 1.11. The number of carbonyl (C=O) groups excluding carboxylic acids is 2.